The minimum Gasteiger partial charge on any atom is -0.306 e. The van der Waals surface area contributed by atoms with Crippen molar-refractivity contribution < 1.29 is 0 Å². The van der Waals surface area contributed by atoms with Gasteiger partial charge in [-0.15, -0.1) is 5.10 Å². The van der Waals surface area contributed by atoms with Crippen LogP contribution in [0.5, 0.6) is 0 Å². The Kier molecular flexibility index (Phi) is 6.06. The summed E-state index contributed by atoms with van der Waals surface area (Å²) in [7, 11) is 0. The molecule has 1 aromatic carbocycles. The van der Waals surface area contributed by atoms with Crippen molar-refractivity contribution in [1.29, 1.82) is 5.41 Å². The number of nitrogens with zero attached hydrogens (tertiary/aromatic N) is 6. The van der Waals surface area contributed by atoms with Crippen LogP contribution in [0.25, 0.3) is 28.1 Å². The van der Waals surface area contributed by atoms with Crippen molar-refractivity contribution in [2.45, 2.75) is 30.4 Å². The minimum atomic E-state index is 0.468. The van der Waals surface area contributed by atoms with E-state index < -0.39 is 0 Å². The van der Waals surface area contributed by atoms with Crippen LogP contribution in [0.2, 0.25) is 0 Å². The highest BCUT2D eigenvalue weighted by atomic mass is 32.2. The van der Waals surface area contributed by atoms with Gasteiger partial charge in [0, 0.05) is 65.1 Å². The molecule has 1 saturated heterocycles. The monoisotopic (exact) mass is 458 g/mol. The molecule has 8 nitrogen and oxygen atoms in total. The third-order valence-electron chi connectivity index (χ3n) is 5.73. The molecule has 0 unspecified atom stereocenters. The maximum atomic E-state index is 7.48. The van der Waals surface area contributed by atoms with Gasteiger partial charge in [-0.05, 0) is 61.6 Å². The second-order valence-electron chi connectivity index (χ2n) is 8.37. The Balaban J connectivity index is 1.31. The van der Waals surface area contributed by atoms with Gasteiger partial charge in [-0.3, -0.25) is 14.8 Å². The Labute approximate surface area is 196 Å². The summed E-state index contributed by atoms with van der Waals surface area (Å²) >= 11 is 1.49. The molecular formula is C24H26N8S. The van der Waals surface area contributed by atoms with Crippen molar-refractivity contribution in [3.8, 4) is 11.1 Å². The van der Waals surface area contributed by atoms with Crippen LogP contribution >= 0.6 is 11.8 Å². The Hall–Kier alpha value is -3.30. The van der Waals surface area contributed by atoms with E-state index in [1.54, 1.807) is 19.1 Å². The molecule has 4 aromatic rings. The lowest BCUT2D eigenvalue weighted by Crippen LogP contribution is -2.48. The first-order valence-electron chi connectivity index (χ1n) is 11.0. The van der Waals surface area contributed by atoms with Gasteiger partial charge in [0.1, 0.15) is 5.82 Å². The largest absolute Gasteiger partial charge is 0.306 e. The fraction of sp³-hybridized carbons (Fsp3) is 0.292. The van der Waals surface area contributed by atoms with E-state index in [1.165, 1.54) is 11.8 Å². The van der Waals surface area contributed by atoms with Gasteiger partial charge in [0.05, 0.1) is 11.7 Å². The van der Waals surface area contributed by atoms with E-state index in [0.717, 1.165) is 53.1 Å². The predicted octanol–water partition coefficient (Wildman–Crippen LogP) is 4.37. The molecule has 0 spiro atoms. The molecule has 9 heteroatoms. The number of H-pyrrole nitrogens is 1. The summed E-state index contributed by atoms with van der Waals surface area (Å²) < 4.78 is 2.05. The van der Waals surface area contributed by atoms with Gasteiger partial charge in [-0.1, -0.05) is 6.92 Å². The Morgan fingerprint density at radius 2 is 2.12 bits per heavy atom. The fourth-order valence-electron chi connectivity index (χ4n) is 3.95. The molecule has 3 aromatic heterocycles. The first-order valence-corrected chi connectivity index (χ1v) is 11.9. The van der Waals surface area contributed by atoms with E-state index >= 15 is 0 Å². The molecule has 4 heterocycles. The summed E-state index contributed by atoms with van der Waals surface area (Å²) in [6.07, 6.45) is 9.40. The van der Waals surface area contributed by atoms with Gasteiger partial charge >= 0.3 is 0 Å². The van der Waals surface area contributed by atoms with Crippen LogP contribution < -0.4 is 0 Å². The Bertz CT molecular complexity index is 1320. The van der Waals surface area contributed by atoms with Crippen LogP contribution in [0, 0.1) is 11.3 Å². The van der Waals surface area contributed by atoms with Gasteiger partial charge in [-0.2, -0.15) is 5.10 Å². The maximum absolute atomic E-state index is 7.48. The lowest BCUT2D eigenvalue weighted by Gasteiger charge is -2.38. The van der Waals surface area contributed by atoms with Crippen LogP contribution in [-0.2, 0) is 6.54 Å². The molecule has 33 heavy (non-hydrogen) atoms. The Morgan fingerprint density at radius 3 is 2.94 bits per heavy atom. The number of fused-ring (bicyclic) bond motifs is 1. The first-order chi connectivity index (χ1) is 16.1. The van der Waals surface area contributed by atoms with Crippen LogP contribution in [0.15, 0.2) is 59.0 Å². The minimum absolute atomic E-state index is 0.468. The number of aromatic amines is 1. The average Bonchev–Trinajstić information content (AvgIpc) is 3.43. The molecule has 0 radical (unpaired) electrons. The number of aromatic nitrogens is 6. The van der Waals surface area contributed by atoms with Crippen LogP contribution in [0.4, 0.5) is 0 Å². The molecule has 0 saturated carbocycles. The predicted molar refractivity (Wildman–Crippen MR) is 132 cm³/mol. The molecular weight excluding hydrogens is 432 g/mol. The quantitative estimate of drug-likeness (QED) is 0.380. The summed E-state index contributed by atoms with van der Waals surface area (Å²) in [4.78, 5) is 12.6. The first kappa shape index (κ1) is 21.5. The average molecular weight is 459 g/mol. The molecule has 1 fully saturated rings. The van der Waals surface area contributed by atoms with Crippen molar-refractivity contribution in [3.63, 3.8) is 0 Å². The van der Waals surface area contributed by atoms with E-state index in [2.05, 4.69) is 60.1 Å². The third-order valence-corrected chi connectivity index (χ3v) is 6.58. The molecule has 2 N–H and O–H groups in total. The summed E-state index contributed by atoms with van der Waals surface area (Å²) in [5.74, 6) is 1.32. The summed E-state index contributed by atoms with van der Waals surface area (Å²) in [5, 5.41) is 20.9. The van der Waals surface area contributed by atoms with Gasteiger partial charge < -0.3 is 10.3 Å². The molecule has 5 rings (SSSR count). The van der Waals surface area contributed by atoms with E-state index in [4.69, 9.17) is 5.41 Å². The van der Waals surface area contributed by atoms with Gasteiger partial charge in [-0.25, -0.2) is 4.98 Å². The van der Waals surface area contributed by atoms with E-state index in [1.807, 2.05) is 24.5 Å². The lowest BCUT2D eigenvalue weighted by molar-refractivity contribution is 0.0917. The maximum Gasteiger partial charge on any atom is 0.213 e. The van der Waals surface area contributed by atoms with Crippen LogP contribution in [-0.4, -0.2) is 60.2 Å². The topological polar surface area (TPSA) is 99.4 Å². The highest BCUT2D eigenvalue weighted by Crippen LogP contribution is 2.29. The molecule has 0 amide bonds. The standard InChI is InChI=1S/C24H26N8S/c1-3-31-12-17(13-31)14-32-15-20(11-27-32)19-8-18-9-21(5-6-22(18)26-10-19)33-24-28-23(29-30-24)7-4-16(2)25/h4-11,15,17,25H,3,12-14H2,1-2H3,(H,28,29,30)/b7-4-,25-16?. The fourth-order valence-corrected chi connectivity index (χ4v) is 4.71. The van der Waals surface area contributed by atoms with Crippen LogP contribution in [0.3, 0.4) is 0 Å². The molecule has 0 aliphatic carbocycles. The number of allylic oxidation sites excluding steroid dienone is 1. The van der Waals surface area contributed by atoms with Gasteiger partial charge in [0.25, 0.3) is 0 Å². The van der Waals surface area contributed by atoms with Crippen LogP contribution in [0.1, 0.15) is 19.7 Å². The summed E-state index contributed by atoms with van der Waals surface area (Å²) in [5.41, 5.74) is 3.56. The second kappa shape index (κ2) is 9.29. The highest BCUT2D eigenvalue weighted by Gasteiger charge is 2.25. The van der Waals surface area contributed by atoms with E-state index in [-0.39, 0.29) is 0 Å². The Morgan fingerprint density at radius 1 is 1.24 bits per heavy atom. The molecule has 168 valence electrons. The van der Waals surface area contributed by atoms with Crippen molar-refractivity contribution in [2.24, 2.45) is 5.92 Å². The number of pyridine rings is 1. The summed E-state index contributed by atoms with van der Waals surface area (Å²) in [6, 6.07) is 8.33. The number of rotatable bonds is 8. The number of hydrogen-bond donors (Lipinski definition) is 2. The smallest absolute Gasteiger partial charge is 0.213 e. The number of benzene rings is 1. The van der Waals surface area contributed by atoms with Crippen molar-refractivity contribution >= 4 is 34.5 Å². The van der Waals surface area contributed by atoms with Gasteiger partial charge in [0.2, 0.25) is 5.16 Å². The van der Waals surface area contributed by atoms with E-state index in [9.17, 15) is 0 Å². The lowest BCUT2D eigenvalue weighted by atomic mass is 10.0. The molecule has 1 aliphatic rings. The SMILES string of the molecule is CCN1CC(Cn2cc(-c3cnc4ccc(Sc5n[nH]c(/C=C\C(C)=N)n5)cc4c3)cn2)C1. The number of hydrogen-bond acceptors (Lipinski definition) is 7. The zero-order chi connectivity index (χ0) is 22.8. The zero-order valence-corrected chi connectivity index (χ0v) is 19.5. The zero-order valence-electron chi connectivity index (χ0n) is 18.7. The van der Waals surface area contributed by atoms with Crippen molar-refractivity contribution in [3.05, 3.63) is 54.8 Å². The second-order valence-corrected chi connectivity index (χ2v) is 9.41. The van der Waals surface area contributed by atoms with Gasteiger partial charge in [0.15, 0.2) is 0 Å². The normalized spacial score (nSPS) is 14.8. The molecule has 0 bridgehead atoms. The number of nitrogens with one attached hydrogen (secondary N) is 2. The van der Waals surface area contributed by atoms with Crippen molar-refractivity contribution in [1.82, 2.24) is 34.8 Å². The summed E-state index contributed by atoms with van der Waals surface area (Å²) in [6.45, 7) is 8.34. The molecule has 0 atom stereocenters. The highest BCUT2D eigenvalue weighted by molar-refractivity contribution is 7.99. The van der Waals surface area contributed by atoms with E-state index in [0.29, 0.717) is 22.6 Å². The number of likely N-dealkylation sites (tertiary alicyclic amines) is 1. The van der Waals surface area contributed by atoms with Crippen molar-refractivity contribution in [2.75, 3.05) is 19.6 Å². The molecule has 1 aliphatic heterocycles. The third kappa shape index (κ3) is 5.04.